The van der Waals surface area contributed by atoms with Gasteiger partial charge in [0.1, 0.15) is 6.04 Å². The van der Waals surface area contributed by atoms with Crippen LogP contribution in [0.5, 0.6) is 0 Å². The molecule has 0 radical (unpaired) electrons. The number of ether oxygens (including phenoxy) is 1. The van der Waals surface area contributed by atoms with E-state index in [0.29, 0.717) is 13.2 Å². The average molecular weight is 214 g/mol. The maximum Gasteiger partial charge on any atom is 0.239 e. The third-order valence-corrected chi connectivity index (χ3v) is 2.57. The van der Waals surface area contributed by atoms with E-state index in [1.165, 1.54) is 0 Å². The maximum atomic E-state index is 11.8. The third-order valence-electron chi connectivity index (χ3n) is 2.57. The molecule has 1 aliphatic heterocycles. The number of rotatable bonds is 4. The first-order valence-electron chi connectivity index (χ1n) is 5.68. The minimum atomic E-state index is -0.185. The lowest BCUT2D eigenvalue weighted by Crippen LogP contribution is -2.56. The van der Waals surface area contributed by atoms with E-state index in [0.717, 1.165) is 19.4 Å². The fourth-order valence-corrected chi connectivity index (χ4v) is 1.84. The third kappa shape index (κ3) is 4.18. The standard InChI is InChI=1S/C11H22N2O2/c1-4-5-11(2,3)13-10(14)9-8-15-7-6-12-9/h9,12H,4-8H2,1-3H3,(H,13,14). The van der Waals surface area contributed by atoms with Crippen LogP contribution in [0.2, 0.25) is 0 Å². The van der Waals surface area contributed by atoms with E-state index in [1.807, 2.05) is 0 Å². The average Bonchev–Trinajstić information content (AvgIpc) is 2.18. The number of carbonyl (C=O) groups excluding carboxylic acids is 1. The lowest BCUT2D eigenvalue weighted by molar-refractivity contribution is -0.127. The zero-order valence-corrected chi connectivity index (χ0v) is 9.93. The van der Waals surface area contributed by atoms with Crippen molar-refractivity contribution in [3.63, 3.8) is 0 Å². The molecule has 4 heteroatoms. The summed E-state index contributed by atoms with van der Waals surface area (Å²) >= 11 is 0. The molecule has 0 spiro atoms. The van der Waals surface area contributed by atoms with Gasteiger partial charge in [0.25, 0.3) is 0 Å². The van der Waals surface area contributed by atoms with Crippen LogP contribution in [-0.2, 0) is 9.53 Å². The van der Waals surface area contributed by atoms with E-state index >= 15 is 0 Å². The van der Waals surface area contributed by atoms with E-state index in [9.17, 15) is 4.79 Å². The van der Waals surface area contributed by atoms with Crippen LogP contribution in [0.1, 0.15) is 33.6 Å². The summed E-state index contributed by atoms with van der Waals surface area (Å²) in [6.45, 7) is 8.16. The molecule has 1 amide bonds. The summed E-state index contributed by atoms with van der Waals surface area (Å²) in [6.07, 6.45) is 2.06. The van der Waals surface area contributed by atoms with Gasteiger partial charge >= 0.3 is 0 Å². The Morgan fingerprint density at radius 3 is 2.87 bits per heavy atom. The Morgan fingerprint density at radius 1 is 1.60 bits per heavy atom. The molecular weight excluding hydrogens is 192 g/mol. The lowest BCUT2D eigenvalue weighted by Gasteiger charge is -2.30. The maximum absolute atomic E-state index is 11.8. The molecule has 0 bridgehead atoms. The van der Waals surface area contributed by atoms with Gasteiger partial charge in [-0.05, 0) is 20.3 Å². The van der Waals surface area contributed by atoms with Crippen LogP contribution in [0.3, 0.4) is 0 Å². The number of hydrogen-bond donors (Lipinski definition) is 2. The highest BCUT2D eigenvalue weighted by Crippen LogP contribution is 2.11. The van der Waals surface area contributed by atoms with Gasteiger partial charge in [0.15, 0.2) is 0 Å². The van der Waals surface area contributed by atoms with Crippen LogP contribution in [0, 0.1) is 0 Å². The van der Waals surface area contributed by atoms with Crippen molar-refractivity contribution in [2.75, 3.05) is 19.8 Å². The highest BCUT2D eigenvalue weighted by Gasteiger charge is 2.26. The van der Waals surface area contributed by atoms with Crippen LogP contribution in [0.25, 0.3) is 0 Å². The predicted molar refractivity (Wildman–Crippen MR) is 59.7 cm³/mol. The van der Waals surface area contributed by atoms with Crippen molar-refractivity contribution in [2.24, 2.45) is 0 Å². The summed E-state index contributed by atoms with van der Waals surface area (Å²) in [5, 5.41) is 6.19. The molecule has 1 heterocycles. The SMILES string of the molecule is CCCC(C)(C)NC(=O)C1COCCN1. The van der Waals surface area contributed by atoms with Crippen molar-refractivity contribution in [3.05, 3.63) is 0 Å². The summed E-state index contributed by atoms with van der Waals surface area (Å²) in [7, 11) is 0. The monoisotopic (exact) mass is 214 g/mol. The van der Waals surface area contributed by atoms with Crippen LogP contribution in [0.4, 0.5) is 0 Å². The highest BCUT2D eigenvalue weighted by atomic mass is 16.5. The van der Waals surface area contributed by atoms with Crippen molar-refractivity contribution in [1.29, 1.82) is 0 Å². The summed E-state index contributed by atoms with van der Waals surface area (Å²) < 4.78 is 5.25. The summed E-state index contributed by atoms with van der Waals surface area (Å²) in [5.41, 5.74) is -0.120. The lowest BCUT2D eigenvalue weighted by atomic mass is 9.98. The molecule has 1 saturated heterocycles. The van der Waals surface area contributed by atoms with Gasteiger partial charge in [-0.25, -0.2) is 0 Å². The molecule has 0 saturated carbocycles. The molecule has 0 aliphatic carbocycles. The van der Waals surface area contributed by atoms with E-state index in [-0.39, 0.29) is 17.5 Å². The Balaban J connectivity index is 2.39. The Bertz CT molecular complexity index is 211. The van der Waals surface area contributed by atoms with E-state index in [4.69, 9.17) is 4.74 Å². The van der Waals surface area contributed by atoms with Crippen molar-refractivity contribution in [1.82, 2.24) is 10.6 Å². The minimum absolute atomic E-state index is 0.0492. The van der Waals surface area contributed by atoms with Gasteiger partial charge in [-0.1, -0.05) is 13.3 Å². The van der Waals surface area contributed by atoms with Gasteiger partial charge in [0.2, 0.25) is 5.91 Å². The minimum Gasteiger partial charge on any atom is -0.378 e. The number of nitrogens with one attached hydrogen (secondary N) is 2. The van der Waals surface area contributed by atoms with Crippen LogP contribution < -0.4 is 10.6 Å². The Hall–Kier alpha value is -0.610. The highest BCUT2D eigenvalue weighted by molar-refractivity contribution is 5.82. The van der Waals surface area contributed by atoms with E-state index < -0.39 is 0 Å². The topological polar surface area (TPSA) is 50.4 Å². The van der Waals surface area contributed by atoms with Crippen molar-refractivity contribution >= 4 is 5.91 Å². The molecule has 2 N–H and O–H groups in total. The van der Waals surface area contributed by atoms with Crippen LogP contribution in [0.15, 0.2) is 0 Å². The van der Waals surface area contributed by atoms with Crippen LogP contribution in [-0.4, -0.2) is 37.2 Å². The van der Waals surface area contributed by atoms with E-state index in [1.54, 1.807) is 0 Å². The predicted octanol–water partition coefficient (Wildman–Crippen LogP) is 0.670. The summed E-state index contributed by atoms with van der Waals surface area (Å²) in [6, 6.07) is -0.185. The number of hydrogen-bond acceptors (Lipinski definition) is 3. The summed E-state index contributed by atoms with van der Waals surface area (Å²) in [4.78, 5) is 11.8. The fourth-order valence-electron chi connectivity index (χ4n) is 1.84. The molecule has 1 aliphatic rings. The molecule has 88 valence electrons. The zero-order chi connectivity index (χ0) is 11.3. The molecule has 0 aromatic rings. The molecular formula is C11H22N2O2. The normalized spacial score (nSPS) is 22.5. The van der Waals surface area contributed by atoms with Gasteiger partial charge in [0, 0.05) is 12.1 Å². The van der Waals surface area contributed by atoms with Gasteiger partial charge in [-0.3, -0.25) is 4.79 Å². The Morgan fingerprint density at radius 2 is 2.33 bits per heavy atom. The molecule has 1 rings (SSSR count). The quantitative estimate of drug-likeness (QED) is 0.723. The molecule has 1 unspecified atom stereocenters. The van der Waals surface area contributed by atoms with Gasteiger partial charge in [0.05, 0.1) is 13.2 Å². The van der Waals surface area contributed by atoms with E-state index in [2.05, 4.69) is 31.4 Å². The van der Waals surface area contributed by atoms with Crippen molar-refractivity contribution < 1.29 is 9.53 Å². The first-order chi connectivity index (χ1) is 7.05. The largest absolute Gasteiger partial charge is 0.378 e. The summed E-state index contributed by atoms with van der Waals surface area (Å²) in [5.74, 6) is 0.0492. The molecule has 1 fully saturated rings. The van der Waals surface area contributed by atoms with Gasteiger partial charge in [-0.15, -0.1) is 0 Å². The first-order valence-corrected chi connectivity index (χ1v) is 5.68. The molecule has 4 nitrogen and oxygen atoms in total. The fraction of sp³-hybridized carbons (Fsp3) is 0.909. The second kappa shape index (κ2) is 5.47. The van der Waals surface area contributed by atoms with Crippen LogP contribution >= 0.6 is 0 Å². The van der Waals surface area contributed by atoms with Crippen molar-refractivity contribution in [3.8, 4) is 0 Å². The Labute approximate surface area is 91.8 Å². The molecule has 0 aromatic heterocycles. The number of carbonyl (C=O) groups is 1. The smallest absolute Gasteiger partial charge is 0.239 e. The number of morpholine rings is 1. The van der Waals surface area contributed by atoms with Gasteiger partial charge < -0.3 is 15.4 Å². The van der Waals surface area contributed by atoms with Gasteiger partial charge in [-0.2, -0.15) is 0 Å². The molecule has 1 atom stereocenters. The molecule has 0 aromatic carbocycles. The zero-order valence-electron chi connectivity index (χ0n) is 9.93. The van der Waals surface area contributed by atoms with Crippen molar-refractivity contribution in [2.45, 2.75) is 45.2 Å². The second-order valence-electron chi connectivity index (χ2n) is 4.70. The first kappa shape index (κ1) is 12.5. The molecule has 15 heavy (non-hydrogen) atoms. The Kier molecular flexibility index (Phi) is 4.54. The second-order valence-corrected chi connectivity index (χ2v) is 4.70. The number of amides is 1.